The molecule has 4 heteroatoms. The number of imide groups is 1. The number of fused-ring (bicyclic) bond motifs is 1. The molecule has 0 saturated carbocycles. The van der Waals surface area contributed by atoms with Gasteiger partial charge in [-0.2, -0.15) is 0 Å². The van der Waals surface area contributed by atoms with Crippen molar-refractivity contribution in [1.29, 1.82) is 0 Å². The Bertz CT molecular complexity index is 427. The molecular weight excluding hydrogens is 309 g/mol. The zero-order valence-corrected chi connectivity index (χ0v) is 12.6. The van der Waals surface area contributed by atoms with Crippen molar-refractivity contribution >= 4 is 30.2 Å². The number of carbonyl (C=O) groups is 2. The third-order valence-corrected chi connectivity index (χ3v) is 6.12. The Kier molecular flexibility index (Phi) is 2.82. The summed E-state index contributed by atoms with van der Waals surface area (Å²) in [5, 5.41) is 0. The topological polar surface area (TPSA) is 37.4 Å². The van der Waals surface area contributed by atoms with Crippen LogP contribution in [-0.2, 0) is 0 Å². The number of carbonyl (C=O) groups excluding carboxylic acids is 2. The SMILES string of the molecule is [CH3][Sn]([CH3])([CH3])[CH2]N1C(=O)c2ccccc2C1=O. The van der Waals surface area contributed by atoms with Gasteiger partial charge in [-0.15, -0.1) is 0 Å². The van der Waals surface area contributed by atoms with Crippen molar-refractivity contribution in [3.8, 4) is 0 Å². The summed E-state index contributed by atoms with van der Waals surface area (Å²) in [4.78, 5) is 32.1. The van der Waals surface area contributed by atoms with Crippen LogP contribution in [0.5, 0.6) is 0 Å². The molecular formula is C12H15NO2Sn. The Morgan fingerprint density at radius 1 is 1.00 bits per heavy atom. The second-order valence-corrected chi connectivity index (χ2v) is 20.8. The molecule has 1 heterocycles. The first-order valence-corrected chi connectivity index (χ1v) is 15.9. The Morgan fingerprint density at radius 2 is 1.44 bits per heavy atom. The summed E-state index contributed by atoms with van der Waals surface area (Å²) >= 11 is -2.17. The molecule has 0 unspecified atom stereocenters. The van der Waals surface area contributed by atoms with Gasteiger partial charge in [-0.1, -0.05) is 0 Å². The summed E-state index contributed by atoms with van der Waals surface area (Å²) in [6.45, 7) is 0. The third-order valence-electron chi connectivity index (χ3n) is 2.51. The normalized spacial score (nSPS) is 15.6. The quantitative estimate of drug-likeness (QED) is 0.618. The van der Waals surface area contributed by atoms with E-state index in [9.17, 15) is 9.59 Å². The molecule has 2 amide bonds. The maximum absolute atomic E-state index is 12.0. The molecule has 1 aliphatic heterocycles. The number of nitrogens with zero attached hydrogens (tertiary/aromatic N) is 1. The molecule has 2 rings (SSSR count). The van der Waals surface area contributed by atoms with Crippen LogP contribution in [0.15, 0.2) is 24.3 Å². The molecule has 0 saturated heterocycles. The van der Waals surface area contributed by atoms with Gasteiger partial charge in [0, 0.05) is 0 Å². The van der Waals surface area contributed by atoms with Crippen LogP contribution < -0.4 is 0 Å². The molecule has 1 aromatic rings. The van der Waals surface area contributed by atoms with Gasteiger partial charge in [0.05, 0.1) is 0 Å². The molecule has 16 heavy (non-hydrogen) atoms. The summed E-state index contributed by atoms with van der Waals surface area (Å²) in [5.74, 6) is -0.237. The predicted molar refractivity (Wildman–Crippen MR) is 65.2 cm³/mol. The molecule has 1 aromatic carbocycles. The van der Waals surface area contributed by atoms with Gasteiger partial charge in [0.2, 0.25) is 0 Å². The van der Waals surface area contributed by atoms with E-state index in [2.05, 4.69) is 14.8 Å². The van der Waals surface area contributed by atoms with Crippen LogP contribution in [0.1, 0.15) is 20.7 Å². The number of hydrogen-bond donors (Lipinski definition) is 0. The van der Waals surface area contributed by atoms with E-state index in [4.69, 9.17) is 0 Å². The first-order valence-electron chi connectivity index (χ1n) is 5.35. The molecule has 0 spiro atoms. The molecule has 0 bridgehead atoms. The first-order chi connectivity index (χ1) is 7.40. The van der Waals surface area contributed by atoms with E-state index >= 15 is 0 Å². The standard InChI is InChI=1S/C9H6NO2.3CH3.Sn/c1-10-8(11)6-4-2-3-5-7(6)9(10)12;;;;/h2-5H,1H2;3*1H3;. The van der Waals surface area contributed by atoms with E-state index in [0.29, 0.717) is 15.7 Å². The van der Waals surface area contributed by atoms with Crippen LogP contribution in [0.2, 0.25) is 14.8 Å². The van der Waals surface area contributed by atoms with Crippen LogP contribution in [0.4, 0.5) is 0 Å². The van der Waals surface area contributed by atoms with Crippen LogP contribution in [0.3, 0.4) is 0 Å². The molecule has 0 atom stereocenters. The predicted octanol–water partition coefficient (Wildman–Crippen LogP) is 2.16. The Morgan fingerprint density at radius 3 is 1.81 bits per heavy atom. The molecule has 3 nitrogen and oxygen atoms in total. The zero-order valence-electron chi connectivity index (χ0n) is 9.78. The fourth-order valence-corrected chi connectivity index (χ4v) is 5.38. The molecule has 84 valence electrons. The number of hydrogen-bond acceptors (Lipinski definition) is 2. The van der Waals surface area contributed by atoms with E-state index in [1.54, 1.807) is 24.3 Å². The maximum atomic E-state index is 12.0. The fourth-order valence-electron chi connectivity index (χ4n) is 1.86. The van der Waals surface area contributed by atoms with Gasteiger partial charge in [-0.3, -0.25) is 0 Å². The van der Waals surface area contributed by atoms with Crippen LogP contribution in [-0.4, -0.2) is 39.7 Å². The van der Waals surface area contributed by atoms with Crippen molar-refractivity contribution in [3.63, 3.8) is 0 Å². The van der Waals surface area contributed by atoms with Crippen molar-refractivity contribution in [2.45, 2.75) is 14.8 Å². The van der Waals surface area contributed by atoms with E-state index < -0.39 is 18.4 Å². The van der Waals surface area contributed by atoms with Gasteiger partial charge in [-0.05, 0) is 0 Å². The Hall–Kier alpha value is -0.841. The van der Waals surface area contributed by atoms with E-state index in [-0.39, 0.29) is 11.8 Å². The van der Waals surface area contributed by atoms with Gasteiger partial charge in [-0.25, -0.2) is 0 Å². The van der Waals surface area contributed by atoms with Crippen molar-refractivity contribution in [2.75, 3.05) is 4.56 Å². The summed E-state index contributed by atoms with van der Waals surface area (Å²) in [5.41, 5.74) is 1.12. The second kappa shape index (κ2) is 3.87. The van der Waals surface area contributed by atoms with Crippen LogP contribution in [0, 0.1) is 0 Å². The van der Waals surface area contributed by atoms with E-state index in [1.165, 1.54) is 4.90 Å². The fraction of sp³-hybridized carbons (Fsp3) is 0.333. The first kappa shape index (κ1) is 11.6. The minimum atomic E-state index is -2.17. The monoisotopic (exact) mass is 325 g/mol. The second-order valence-electron chi connectivity index (χ2n) is 5.30. The van der Waals surface area contributed by atoms with Gasteiger partial charge in [0.15, 0.2) is 0 Å². The van der Waals surface area contributed by atoms with E-state index in [0.717, 1.165) is 0 Å². The van der Waals surface area contributed by atoms with Gasteiger partial charge >= 0.3 is 99.5 Å². The molecule has 0 radical (unpaired) electrons. The number of rotatable bonds is 2. The van der Waals surface area contributed by atoms with Crippen molar-refractivity contribution in [3.05, 3.63) is 35.4 Å². The van der Waals surface area contributed by atoms with E-state index in [1.807, 2.05) is 0 Å². The number of benzene rings is 1. The van der Waals surface area contributed by atoms with Gasteiger partial charge in [0.1, 0.15) is 0 Å². The summed E-state index contributed by atoms with van der Waals surface area (Å²) in [7, 11) is 0. The van der Waals surface area contributed by atoms with Crippen LogP contribution >= 0.6 is 0 Å². The van der Waals surface area contributed by atoms with Gasteiger partial charge < -0.3 is 0 Å². The summed E-state index contributed by atoms with van der Waals surface area (Å²) < 4.78 is 0.668. The minimum absolute atomic E-state index is 0.118. The Balaban J connectivity index is 2.36. The summed E-state index contributed by atoms with van der Waals surface area (Å²) in [6.07, 6.45) is 0. The number of amides is 2. The average Bonchev–Trinajstić information content (AvgIpc) is 2.43. The van der Waals surface area contributed by atoms with Crippen molar-refractivity contribution in [1.82, 2.24) is 4.90 Å². The molecule has 1 aliphatic rings. The molecule has 0 aliphatic carbocycles. The molecule has 0 N–H and O–H groups in total. The zero-order chi connectivity index (χ0) is 11.9. The average molecular weight is 324 g/mol. The van der Waals surface area contributed by atoms with Crippen LogP contribution in [0.25, 0.3) is 0 Å². The molecule has 0 fully saturated rings. The summed E-state index contributed by atoms with van der Waals surface area (Å²) in [6, 6.07) is 7.06. The van der Waals surface area contributed by atoms with Crippen molar-refractivity contribution < 1.29 is 9.59 Å². The van der Waals surface area contributed by atoms with Gasteiger partial charge in [0.25, 0.3) is 0 Å². The molecule has 0 aromatic heterocycles. The third kappa shape index (κ3) is 2.00. The Labute approximate surface area is 99.3 Å². The van der Waals surface area contributed by atoms with Crippen molar-refractivity contribution in [2.24, 2.45) is 0 Å².